The lowest BCUT2D eigenvalue weighted by atomic mass is 9.97. The molecule has 0 amide bonds. The van der Waals surface area contributed by atoms with Crippen LogP contribution in [0.1, 0.15) is 38.4 Å². The van der Waals surface area contributed by atoms with Crippen molar-refractivity contribution in [2.45, 2.75) is 33.2 Å². The molecular formula is C30H33FN4O3S. The van der Waals surface area contributed by atoms with E-state index < -0.39 is 10.0 Å². The van der Waals surface area contributed by atoms with Crippen molar-refractivity contribution in [2.75, 3.05) is 19.8 Å². The Morgan fingerprint density at radius 1 is 1.10 bits per heavy atom. The van der Waals surface area contributed by atoms with E-state index in [1.165, 1.54) is 24.7 Å². The van der Waals surface area contributed by atoms with Gasteiger partial charge in [0.15, 0.2) is 0 Å². The van der Waals surface area contributed by atoms with E-state index in [0.717, 1.165) is 45.7 Å². The van der Waals surface area contributed by atoms with Crippen molar-refractivity contribution in [1.82, 2.24) is 14.3 Å². The van der Waals surface area contributed by atoms with Crippen molar-refractivity contribution in [2.24, 2.45) is 10.9 Å². The van der Waals surface area contributed by atoms with Crippen LogP contribution in [0.2, 0.25) is 0 Å². The zero-order valence-electron chi connectivity index (χ0n) is 22.8. The van der Waals surface area contributed by atoms with Crippen molar-refractivity contribution in [3.05, 3.63) is 90.1 Å². The molecule has 0 saturated carbocycles. The first-order chi connectivity index (χ1) is 18.6. The maximum Gasteiger partial charge on any atom is 0.230 e. The topological polar surface area (TPSA) is 88.7 Å². The molecule has 1 aliphatic rings. The predicted octanol–water partition coefficient (Wildman–Crippen LogP) is 6.23. The van der Waals surface area contributed by atoms with Gasteiger partial charge in [-0.05, 0) is 56.5 Å². The van der Waals surface area contributed by atoms with Gasteiger partial charge < -0.3 is 4.42 Å². The Labute approximate surface area is 229 Å². The van der Waals surface area contributed by atoms with Crippen LogP contribution in [0.25, 0.3) is 28.0 Å². The molecule has 1 unspecified atom stereocenters. The van der Waals surface area contributed by atoms with Crippen LogP contribution in [0.5, 0.6) is 0 Å². The van der Waals surface area contributed by atoms with Gasteiger partial charge in [-0.15, -0.1) is 0 Å². The molecule has 7 nitrogen and oxygen atoms in total. The smallest absolute Gasteiger partial charge is 0.230 e. The minimum absolute atomic E-state index is 0.194. The number of benzene rings is 2. The van der Waals surface area contributed by atoms with Gasteiger partial charge in [0.25, 0.3) is 0 Å². The van der Waals surface area contributed by atoms with E-state index in [0.29, 0.717) is 18.2 Å². The number of fused-ring (bicyclic) bond motifs is 1. The van der Waals surface area contributed by atoms with Crippen LogP contribution in [-0.2, 0) is 10.0 Å². The third-order valence-electron chi connectivity index (χ3n) is 6.68. The lowest BCUT2D eigenvalue weighted by Gasteiger charge is -2.17. The summed E-state index contributed by atoms with van der Waals surface area (Å²) in [4.78, 5) is 13.2. The van der Waals surface area contributed by atoms with Crippen molar-refractivity contribution >= 4 is 32.4 Å². The highest BCUT2D eigenvalue weighted by Gasteiger charge is 2.32. The lowest BCUT2D eigenvalue weighted by Crippen LogP contribution is -2.32. The molecule has 9 heteroatoms. The van der Waals surface area contributed by atoms with E-state index in [4.69, 9.17) is 4.42 Å². The van der Waals surface area contributed by atoms with Crippen LogP contribution in [0, 0.1) is 11.7 Å². The third kappa shape index (κ3) is 6.49. The fourth-order valence-electron chi connectivity index (χ4n) is 4.94. The summed E-state index contributed by atoms with van der Waals surface area (Å²) in [7, 11) is -1.24. The van der Waals surface area contributed by atoms with E-state index >= 15 is 0 Å². The van der Waals surface area contributed by atoms with Gasteiger partial charge in [0, 0.05) is 36.3 Å². The first kappa shape index (κ1) is 28.3. The maximum atomic E-state index is 13.3. The van der Waals surface area contributed by atoms with Crippen LogP contribution >= 0.6 is 0 Å². The predicted molar refractivity (Wildman–Crippen MR) is 155 cm³/mol. The molecule has 39 heavy (non-hydrogen) atoms. The summed E-state index contributed by atoms with van der Waals surface area (Å²) in [6.07, 6.45) is 5.70. The Morgan fingerprint density at radius 3 is 2.33 bits per heavy atom. The van der Waals surface area contributed by atoms with E-state index in [1.54, 1.807) is 23.5 Å². The number of aromatic nitrogens is 2. The van der Waals surface area contributed by atoms with E-state index in [-0.39, 0.29) is 11.9 Å². The number of rotatable bonds is 5. The summed E-state index contributed by atoms with van der Waals surface area (Å²) in [5.41, 5.74) is 4.58. The van der Waals surface area contributed by atoms with Crippen LogP contribution in [0.3, 0.4) is 0 Å². The molecule has 1 aliphatic heterocycles. The molecule has 0 spiro atoms. The SMILES string of the molecule is C/C=C(\C(=NC)c1ccc(F)cc1)c1ncnc2oc(-c3ccccc3)cc12.CC1C[C@@H](C)CN1S(C)(=O)=O. The molecule has 2 atom stereocenters. The number of sulfonamides is 1. The van der Waals surface area contributed by atoms with Gasteiger partial charge in [-0.2, -0.15) is 4.31 Å². The number of furan rings is 1. The van der Waals surface area contributed by atoms with E-state index in [9.17, 15) is 12.8 Å². The quantitative estimate of drug-likeness (QED) is 0.276. The Kier molecular flexibility index (Phi) is 8.72. The molecule has 4 aromatic rings. The summed E-state index contributed by atoms with van der Waals surface area (Å²) in [5, 5.41) is 0.803. The van der Waals surface area contributed by atoms with Crippen molar-refractivity contribution in [3.8, 4) is 11.3 Å². The largest absolute Gasteiger partial charge is 0.438 e. The van der Waals surface area contributed by atoms with Gasteiger partial charge >= 0.3 is 0 Å². The van der Waals surface area contributed by atoms with Crippen LogP contribution in [0.4, 0.5) is 4.39 Å². The van der Waals surface area contributed by atoms with Crippen molar-refractivity contribution < 1.29 is 17.2 Å². The fraction of sp³-hybridized carbons (Fsp3) is 0.300. The second-order valence-electron chi connectivity index (χ2n) is 9.72. The number of halogens is 1. The first-order valence-corrected chi connectivity index (χ1v) is 14.6. The molecule has 0 aliphatic carbocycles. The van der Waals surface area contributed by atoms with E-state index in [2.05, 4.69) is 21.9 Å². The second-order valence-corrected chi connectivity index (χ2v) is 11.7. The number of allylic oxidation sites excluding steroid dienone is 2. The van der Waals surface area contributed by atoms with Gasteiger partial charge in [-0.1, -0.05) is 43.3 Å². The van der Waals surface area contributed by atoms with Crippen molar-refractivity contribution in [1.29, 1.82) is 0 Å². The summed E-state index contributed by atoms with van der Waals surface area (Å²) >= 11 is 0. The van der Waals surface area contributed by atoms with E-state index in [1.807, 2.05) is 56.3 Å². The average molecular weight is 549 g/mol. The molecule has 1 fully saturated rings. The Morgan fingerprint density at radius 2 is 1.79 bits per heavy atom. The first-order valence-electron chi connectivity index (χ1n) is 12.8. The number of aliphatic imine (C=N–C) groups is 1. The summed E-state index contributed by atoms with van der Waals surface area (Å²) < 4.78 is 43.1. The van der Waals surface area contributed by atoms with Gasteiger partial charge in [0.2, 0.25) is 15.7 Å². The highest BCUT2D eigenvalue weighted by atomic mass is 32.2. The summed E-state index contributed by atoms with van der Waals surface area (Å²) in [6.45, 7) is 6.67. The Balaban J connectivity index is 0.000000270. The fourth-order valence-corrected chi connectivity index (χ4v) is 6.20. The zero-order chi connectivity index (χ0) is 28.2. The zero-order valence-corrected chi connectivity index (χ0v) is 23.6. The van der Waals surface area contributed by atoms with Gasteiger partial charge in [0.1, 0.15) is 17.9 Å². The van der Waals surface area contributed by atoms with Crippen molar-refractivity contribution in [3.63, 3.8) is 0 Å². The lowest BCUT2D eigenvalue weighted by molar-refractivity contribution is 0.409. The molecule has 0 radical (unpaired) electrons. The van der Waals surface area contributed by atoms with Gasteiger partial charge in [-0.3, -0.25) is 4.99 Å². The summed E-state index contributed by atoms with van der Waals surface area (Å²) in [5.74, 6) is 0.956. The van der Waals surface area contributed by atoms with Crippen LogP contribution < -0.4 is 0 Å². The number of hydrogen-bond acceptors (Lipinski definition) is 6. The highest BCUT2D eigenvalue weighted by molar-refractivity contribution is 7.88. The minimum atomic E-state index is -2.95. The monoisotopic (exact) mass is 548 g/mol. The Bertz CT molecular complexity index is 1600. The third-order valence-corrected chi connectivity index (χ3v) is 8.04. The molecule has 2 aromatic carbocycles. The number of hydrogen-bond donors (Lipinski definition) is 0. The second kappa shape index (κ2) is 12.0. The average Bonchev–Trinajstić information content (AvgIpc) is 3.51. The van der Waals surface area contributed by atoms with Gasteiger partial charge in [0.05, 0.1) is 23.0 Å². The molecule has 5 rings (SSSR count). The molecule has 2 aromatic heterocycles. The molecule has 3 heterocycles. The normalized spacial score (nSPS) is 18.7. The van der Waals surface area contributed by atoms with Crippen LogP contribution in [-0.4, -0.2) is 54.3 Å². The number of nitrogens with zero attached hydrogens (tertiary/aromatic N) is 4. The highest BCUT2D eigenvalue weighted by Crippen LogP contribution is 2.32. The Hall–Kier alpha value is -3.69. The molecule has 204 valence electrons. The molecule has 0 N–H and O–H groups in total. The van der Waals surface area contributed by atoms with Crippen LogP contribution in [0.15, 0.2) is 82.5 Å². The molecular weight excluding hydrogens is 515 g/mol. The van der Waals surface area contributed by atoms with Gasteiger partial charge in [-0.25, -0.2) is 22.8 Å². The summed E-state index contributed by atoms with van der Waals surface area (Å²) in [6, 6.07) is 18.3. The maximum absolute atomic E-state index is 13.3. The minimum Gasteiger partial charge on any atom is -0.438 e. The standard InChI is InChI=1S/C23H18FN3O.C7H15NO2S/c1-3-18(21(25-2)16-9-11-17(24)12-10-16)22-19-13-20(15-7-5-4-6-8-15)28-23(19)27-14-26-22;1-6-4-7(2)8(5-6)11(3,9)10/h3-14H,1-2H3;6-7H,4-5H2,1-3H3/b18-3+,25-21?;/t;6-,7?/m.1/s1. The molecule has 0 bridgehead atoms. The molecule has 1 saturated heterocycles.